The van der Waals surface area contributed by atoms with E-state index in [9.17, 15) is 17.7 Å². The van der Waals surface area contributed by atoms with Gasteiger partial charge in [-0.1, -0.05) is 15.5 Å². The average Bonchev–Trinajstić information content (AvgIpc) is 1.64. The Morgan fingerprint density at radius 2 is 1.88 bits per heavy atom. The summed E-state index contributed by atoms with van der Waals surface area (Å²) >= 11 is 0. The second kappa shape index (κ2) is 2.66. The van der Waals surface area contributed by atoms with Crippen LogP contribution in [0.3, 0.4) is 0 Å². The summed E-state index contributed by atoms with van der Waals surface area (Å²) in [6.45, 7) is 2.31. The van der Waals surface area contributed by atoms with Crippen molar-refractivity contribution in [2.24, 2.45) is 0 Å². The third-order valence-electron chi connectivity index (χ3n) is 0.430. The minimum Gasteiger partial charge on any atom is -0.216 e. The molecule has 0 spiro atoms. The maximum Gasteiger partial charge on any atom is 0.262 e. The first-order valence-corrected chi connectivity index (χ1v) is 1.65. The number of hydrogen-bond acceptors (Lipinski definition) is 1. The zero-order valence-corrected chi connectivity index (χ0v) is 3.74. The van der Waals surface area contributed by atoms with E-state index in [1.165, 1.54) is 0 Å². The summed E-state index contributed by atoms with van der Waals surface area (Å²) < 4.78 is 44.3. The lowest BCUT2D eigenvalue weighted by atomic mass is 10.6. The molecule has 1 atom stereocenters. The monoisotopic (exact) mass is 129 g/mol. The highest BCUT2D eigenvalue weighted by atomic mass is 19.4. The van der Waals surface area contributed by atoms with Gasteiger partial charge in [0.1, 0.15) is 5.83 Å². The molecule has 0 saturated heterocycles. The molecule has 8 heavy (non-hydrogen) atoms. The largest absolute Gasteiger partial charge is 0.262 e. The Morgan fingerprint density at radius 3 is 1.88 bits per heavy atom. The molecule has 0 aromatic heterocycles. The van der Waals surface area contributed by atoms with Gasteiger partial charge in [0.15, 0.2) is 0 Å². The van der Waals surface area contributed by atoms with E-state index in [-0.39, 0.29) is 0 Å². The highest BCUT2D eigenvalue weighted by Gasteiger charge is 2.19. The summed E-state index contributed by atoms with van der Waals surface area (Å²) in [5.74, 6) is -1.70. The zero-order valence-electron chi connectivity index (χ0n) is 3.74. The van der Waals surface area contributed by atoms with Crippen molar-refractivity contribution in [3.63, 3.8) is 0 Å². The maximum atomic E-state index is 11.3. The fourth-order valence-electron chi connectivity index (χ4n) is 0.106. The Kier molecular flexibility index (Phi) is 2.47. The van der Waals surface area contributed by atoms with Gasteiger partial charge in [-0.05, 0) is 0 Å². The second-order valence-corrected chi connectivity index (χ2v) is 1.04. The normalized spacial score (nSPS) is 14.1. The molecular formula is C3H3F4N. The van der Waals surface area contributed by atoms with Crippen LogP contribution in [0, 0.1) is 0 Å². The minimum absolute atomic E-state index is 1.70. The van der Waals surface area contributed by atoms with Crippen LogP contribution >= 0.6 is 0 Å². The van der Waals surface area contributed by atoms with Gasteiger partial charge in [0, 0.05) is 0 Å². The van der Waals surface area contributed by atoms with E-state index in [1.807, 2.05) is 0 Å². The van der Waals surface area contributed by atoms with Crippen molar-refractivity contribution >= 4 is 0 Å². The molecule has 1 nitrogen and oxygen atoms in total. The Morgan fingerprint density at radius 1 is 1.50 bits per heavy atom. The van der Waals surface area contributed by atoms with Crippen molar-refractivity contribution in [3.05, 3.63) is 12.4 Å². The van der Waals surface area contributed by atoms with Crippen LogP contribution in [0.1, 0.15) is 0 Å². The number of nitrogens with zero attached hydrogens (tertiary/aromatic N) is 1. The molecule has 0 unspecified atom stereocenters. The number of hydrogen-bond donors (Lipinski definition) is 0. The fourth-order valence-corrected chi connectivity index (χ4v) is 0.106. The molecule has 0 aliphatic rings. The number of alkyl halides is 1. The molecule has 0 rings (SSSR count). The lowest BCUT2D eigenvalue weighted by molar-refractivity contribution is -0.215. The summed E-state index contributed by atoms with van der Waals surface area (Å²) in [5.41, 5.74) is 0. The first-order valence-electron chi connectivity index (χ1n) is 1.65. The molecule has 48 valence electrons. The van der Waals surface area contributed by atoms with Gasteiger partial charge in [-0.2, -0.15) is 0 Å². The molecule has 0 radical (unpaired) electrons. The summed E-state index contributed by atoms with van der Waals surface area (Å²) in [4.78, 5) is 0. The topological polar surface area (TPSA) is 3.24 Å². The lowest BCUT2D eigenvalue weighted by Gasteiger charge is -2.01. The van der Waals surface area contributed by atoms with E-state index in [4.69, 9.17) is 0 Å². The van der Waals surface area contributed by atoms with Crippen molar-refractivity contribution in [1.29, 1.82) is 0 Å². The van der Waals surface area contributed by atoms with Gasteiger partial charge in [-0.3, -0.25) is 0 Å². The van der Waals surface area contributed by atoms with Gasteiger partial charge in [-0.15, -0.1) is 0 Å². The molecule has 0 aliphatic carbocycles. The first-order chi connectivity index (χ1) is 3.55. The van der Waals surface area contributed by atoms with Crippen LogP contribution in [0.15, 0.2) is 12.4 Å². The molecule has 0 aromatic rings. The van der Waals surface area contributed by atoms with Crippen LogP contribution in [0.2, 0.25) is 0 Å². The Hall–Kier alpha value is -0.580. The number of halogens is 4. The van der Waals surface area contributed by atoms with Gasteiger partial charge in [0.05, 0.1) is 5.34 Å². The molecule has 0 saturated carbocycles. The van der Waals surface area contributed by atoms with E-state index < -0.39 is 17.5 Å². The molecule has 0 bridgehead atoms. The van der Waals surface area contributed by atoms with E-state index in [0.29, 0.717) is 0 Å². The van der Waals surface area contributed by atoms with Crippen LogP contribution in [0.4, 0.5) is 17.7 Å². The van der Waals surface area contributed by atoms with Crippen molar-refractivity contribution in [1.82, 2.24) is 5.34 Å². The van der Waals surface area contributed by atoms with Crippen LogP contribution < -0.4 is 0 Å². The molecule has 0 heterocycles. The van der Waals surface area contributed by atoms with Crippen molar-refractivity contribution < 1.29 is 17.7 Å². The smallest absolute Gasteiger partial charge is 0.216 e. The summed E-state index contributed by atoms with van der Waals surface area (Å²) in [6.07, 6.45) is -2.99. The van der Waals surface area contributed by atoms with Crippen molar-refractivity contribution in [2.75, 3.05) is 0 Å². The van der Waals surface area contributed by atoms with Gasteiger partial charge in [-0.25, -0.2) is 8.78 Å². The third kappa shape index (κ3) is 1.92. The second-order valence-electron chi connectivity index (χ2n) is 1.04. The Balaban J connectivity index is 3.64. The third-order valence-corrected chi connectivity index (χ3v) is 0.430. The highest BCUT2D eigenvalue weighted by Crippen LogP contribution is 2.11. The SMILES string of the molecule is C=C(F)[C@H](F)N(F)F. The van der Waals surface area contributed by atoms with E-state index in [0.717, 1.165) is 0 Å². The first kappa shape index (κ1) is 7.42. The predicted octanol–water partition coefficient (Wildman–Crippen LogP) is 1.84. The van der Waals surface area contributed by atoms with Gasteiger partial charge in [0.2, 0.25) is 0 Å². The number of rotatable bonds is 2. The van der Waals surface area contributed by atoms with Crippen LogP contribution in [-0.2, 0) is 0 Å². The predicted molar refractivity (Wildman–Crippen MR) is 19.2 cm³/mol. The molecule has 0 aromatic carbocycles. The summed E-state index contributed by atoms with van der Waals surface area (Å²) in [6, 6.07) is 0. The quantitative estimate of drug-likeness (QED) is 0.312. The summed E-state index contributed by atoms with van der Waals surface area (Å²) in [5, 5.41) is -1.90. The minimum atomic E-state index is -2.99. The average molecular weight is 129 g/mol. The fraction of sp³-hybridized carbons (Fsp3) is 0.333. The molecule has 0 amide bonds. The Bertz CT molecular complexity index is 91.3. The molecular weight excluding hydrogens is 126 g/mol. The molecule has 0 N–H and O–H groups in total. The summed E-state index contributed by atoms with van der Waals surface area (Å²) in [7, 11) is 0. The zero-order chi connectivity index (χ0) is 6.73. The van der Waals surface area contributed by atoms with Gasteiger partial charge in [0.25, 0.3) is 6.30 Å². The van der Waals surface area contributed by atoms with E-state index in [1.54, 1.807) is 0 Å². The van der Waals surface area contributed by atoms with Gasteiger partial charge >= 0.3 is 0 Å². The molecule has 5 heteroatoms. The maximum absolute atomic E-state index is 11.3. The van der Waals surface area contributed by atoms with Crippen molar-refractivity contribution in [2.45, 2.75) is 6.30 Å². The lowest BCUT2D eigenvalue weighted by Crippen LogP contribution is -2.14. The molecule has 0 fully saturated rings. The Labute approximate surface area is 43.1 Å². The standard InChI is InChI=1S/C3H3F4N/c1-2(4)3(5)8(6)7/h3H,1H2/t3-/m1/s1. The van der Waals surface area contributed by atoms with Crippen LogP contribution in [-0.4, -0.2) is 11.6 Å². The van der Waals surface area contributed by atoms with E-state index in [2.05, 4.69) is 6.58 Å². The van der Waals surface area contributed by atoms with Crippen LogP contribution in [0.5, 0.6) is 0 Å². The van der Waals surface area contributed by atoms with E-state index >= 15 is 0 Å². The van der Waals surface area contributed by atoms with Crippen molar-refractivity contribution in [3.8, 4) is 0 Å². The van der Waals surface area contributed by atoms with Gasteiger partial charge < -0.3 is 0 Å². The highest BCUT2D eigenvalue weighted by molar-refractivity contribution is 4.85. The molecule has 0 aliphatic heterocycles. The van der Waals surface area contributed by atoms with Crippen LogP contribution in [0.25, 0.3) is 0 Å².